The molecule has 1 N–H and O–H groups in total. The van der Waals surface area contributed by atoms with Crippen LogP contribution in [0.1, 0.15) is 17.5 Å². The van der Waals surface area contributed by atoms with Crippen LogP contribution in [0.25, 0.3) is 11.3 Å². The van der Waals surface area contributed by atoms with Crippen LogP contribution in [0.2, 0.25) is 0 Å². The molecule has 48 heavy (non-hydrogen) atoms. The number of hydrogen-bond donors (Lipinski definition) is 1. The third kappa shape index (κ3) is 8.53. The number of amides is 1. The summed E-state index contributed by atoms with van der Waals surface area (Å²) >= 11 is 0. The summed E-state index contributed by atoms with van der Waals surface area (Å²) in [6.07, 6.45) is 0.551. The van der Waals surface area contributed by atoms with Crippen LogP contribution in [0.3, 0.4) is 0 Å². The number of aryl methyl sites for hydroxylation is 1. The Kier molecular flexibility index (Phi) is 11.4. The highest BCUT2D eigenvalue weighted by atomic mass is 16.6. The van der Waals surface area contributed by atoms with Crippen molar-refractivity contribution < 1.29 is 19.0 Å². The maximum Gasteiger partial charge on any atom is 0.420 e. The first-order valence-electron chi connectivity index (χ1n) is 16.3. The minimum atomic E-state index is -0.639. The van der Waals surface area contributed by atoms with Crippen molar-refractivity contribution >= 4 is 29.1 Å². The van der Waals surface area contributed by atoms with Crippen molar-refractivity contribution in [3.05, 3.63) is 77.9 Å². The molecule has 1 saturated heterocycles. The number of aromatic nitrogens is 2. The summed E-state index contributed by atoms with van der Waals surface area (Å²) in [5.74, 6) is 1.51. The Morgan fingerprint density at radius 1 is 0.896 bits per heavy atom. The van der Waals surface area contributed by atoms with Gasteiger partial charge in [0, 0.05) is 62.3 Å². The predicted octanol–water partition coefficient (Wildman–Crippen LogP) is 6.23. The van der Waals surface area contributed by atoms with E-state index in [2.05, 4.69) is 71.1 Å². The monoisotopic (exact) mass is 653 g/mol. The summed E-state index contributed by atoms with van der Waals surface area (Å²) in [5, 5.41) is 3.33. The largest absolute Gasteiger partial charge is 0.497 e. The zero-order valence-corrected chi connectivity index (χ0v) is 29.1. The minimum Gasteiger partial charge on any atom is -0.497 e. The van der Waals surface area contributed by atoms with E-state index < -0.39 is 6.09 Å². The van der Waals surface area contributed by atoms with Gasteiger partial charge in [0.1, 0.15) is 11.5 Å². The van der Waals surface area contributed by atoms with Crippen LogP contribution >= 0.6 is 0 Å². The second kappa shape index (κ2) is 15.8. The third-order valence-corrected chi connectivity index (χ3v) is 8.74. The molecular weight excluding hydrogens is 606 g/mol. The van der Waals surface area contributed by atoms with Gasteiger partial charge in [0.2, 0.25) is 11.8 Å². The van der Waals surface area contributed by atoms with Crippen LogP contribution in [0.15, 0.2) is 66.7 Å². The lowest BCUT2D eigenvalue weighted by Gasteiger charge is -2.36. The van der Waals surface area contributed by atoms with Crippen molar-refractivity contribution in [3.63, 3.8) is 0 Å². The molecule has 1 aliphatic rings. The number of methoxy groups -OCH3 is 2. The van der Waals surface area contributed by atoms with Crippen molar-refractivity contribution in [2.24, 2.45) is 0 Å². The van der Waals surface area contributed by atoms with Gasteiger partial charge in [-0.25, -0.2) is 9.78 Å². The highest BCUT2D eigenvalue weighted by Gasteiger charge is 2.21. The molecular formula is C37H47N7O4. The Morgan fingerprint density at radius 3 is 2.33 bits per heavy atom. The van der Waals surface area contributed by atoms with Crippen LogP contribution in [-0.4, -0.2) is 100 Å². The molecule has 0 aliphatic carbocycles. The number of benzene rings is 3. The quantitative estimate of drug-likeness (QED) is 0.190. The molecule has 1 aliphatic heterocycles. The van der Waals surface area contributed by atoms with Gasteiger partial charge in [0.25, 0.3) is 0 Å². The Bertz CT molecular complexity index is 1690. The maximum atomic E-state index is 13.4. The van der Waals surface area contributed by atoms with E-state index in [4.69, 9.17) is 19.2 Å². The first kappa shape index (κ1) is 34.5. The lowest BCUT2D eigenvalue weighted by Crippen LogP contribution is -2.46. The smallest absolute Gasteiger partial charge is 0.420 e. The molecule has 0 atom stereocenters. The van der Waals surface area contributed by atoms with Crippen molar-refractivity contribution in [1.82, 2.24) is 19.8 Å². The Hall–Kier alpha value is -4.87. The van der Waals surface area contributed by atoms with Gasteiger partial charge in [-0.05, 0) is 95.0 Å². The van der Waals surface area contributed by atoms with Gasteiger partial charge in [-0.3, -0.25) is 9.80 Å². The van der Waals surface area contributed by atoms with Gasteiger partial charge < -0.3 is 29.3 Å². The van der Waals surface area contributed by atoms with E-state index in [0.717, 1.165) is 61.6 Å². The third-order valence-electron chi connectivity index (χ3n) is 8.74. The standard InChI is InChI=1S/C37H47N7O4/c1-26-10-8-11-31(27(26)2)32-25-35(48-37(45)42(5)33-24-30(46-6)16-17-34(33)47-7)40-36(39-32)38-28-12-14-29(15-13-28)44-22-20-43(21-23-44)19-9-18-41(3)4/h8,10-17,24-25H,9,18-23H2,1-7H3,(H,38,39,40). The van der Waals surface area contributed by atoms with Gasteiger partial charge in [0.05, 0.1) is 25.6 Å². The zero-order chi connectivity index (χ0) is 34.2. The van der Waals surface area contributed by atoms with E-state index in [9.17, 15) is 4.79 Å². The number of rotatable bonds is 12. The molecule has 3 aromatic carbocycles. The lowest BCUT2D eigenvalue weighted by atomic mass is 10.0. The van der Waals surface area contributed by atoms with Gasteiger partial charge in [-0.1, -0.05) is 18.2 Å². The van der Waals surface area contributed by atoms with Crippen LogP contribution in [0, 0.1) is 13.8 Å². The maximum absolute atomic E-state index is 13.4. The van der Waals surface area contributed by atoms with Gasteiger partial charge >= 0.3 is 6.09 Å². The van der Waals surface area contributed by atoms with Crippen molar-refractivity contribution in [2.75, 3.05) is 89.7 Å². The van der Waals surface area contributed by atoms with E-state index in [0.29, 0.717) is 28.8 Å². The number of hydrogen-bond acceptors (Lipinski definition) is 10. The molecule has 11 nitrogen and oxygen atoms in total. The molecule has 0 saturated carbocycles. The number of ether oxygens (including phenoxy) is 3. The van der Waals surface area contributed by atoms with Crippen LogP contribution < -0.4 is 29.3 Å². The van der Waals surface area contributed by atoms with Crippen LogP contribution in [-0.2, 0) is 0 Å². The van der Waals surface area contributed by atoms with E-state index >= 15 is 0 Å². The fraction of sp³-hybridized carbons (Fsp3) is 0.378. The molecule has 0 bridgehead atoms. The molecule has 5 rings (SSSR count). The Labute approximate surface area is 284 Å². The highest BCUT2D eigenvalue weighted by Crippen LogP contribution is 2.33. The molecule has 1 amide bonds. The molecule has 0 unspecified atom stereocenters. The zero-order valence-electron chi connectivity index (χ0n) is 29.1. The summed E-state index contributed by atoms with van der Waals surface area (Å²) in [5.41, 5.74) is 6.29. The highest BCUT2D eigenvalue weighted by molar-refractivity contribution is 5.90. The predicted molar refractivity (Wildman–Crippen MR) is 192 cm³/mol. The summed E-state index contributed by atoms with van der Waals surface area (Å²) in [6.45, 7) is 10.5. The lowest BCUT2D eigenvalue weighted by molar-refractivity contribution is 0.207. The molecule has 11 heteroatoms. The first-order chi connectivity index (χ1) is 23.1. The summed E-state index contributed by atoms with van der Waals surface area (Å²) in [4.78, 5) is 31.4. The summed E-state index contributed by atoms with van der Waals surface area (Å²) in [6, 6.07) is 21.3. The number of anilines is 4. The normalized spacial score (nSPS) is 13.4. The van der Waals surface area contributed by atoms with Gasteiger partial charge in [-0.2, -0.15) is 4.98 Å². The minimum absolute atomic E-state index is 0.113. The van der Waals surface area contributed by atoms with Crippen LogP contribution in [0.5, 0.6) is 17.4 Å². The number of carbonyl (C=O) groups is 1. The van der Waals surface area contributed by atoms with Crippen molar-refractivity contribution in [1.29, 1.82) is 0 Å². The Morgan fingerprint density at radius 2 is 1.65 bits per heavy atom. The fourth-order valence-electron chi connectivity index (χ4n) is 5.74. The average Bonchev–Trinajstić information content (AvgIpc) is 3.09. The molecule has 1 fully saturated rings. The number of carbonyl (C=O) groups excluding carboxylic acids is 1. The van der Waals surface area contributed by atoms with E-state index in [-0.39, 0.29) is 5.88 Å². The van der Waals surface area contributed by atoms with Crippen molar-refractivity contribution in [2.45, 2.75) is 20.3 Å². The second-order valence-corrected chi connectivity index (χ2v) is 12.3. The molecule has 0 spiro atoms. The van der Waals surface area contributed by atoms with Crippen molar-refractivity contribution in [3.8, 4) is 28.6 Å². The molecule has 4 aromatic rings. The molecule has 2 heterocycles. The molecule has 1 aromatic heterocycles. The SMILES string of the molecule is COc1ccc(OC)c(N(C)C(=O)Oc2cc(-c3cccc(C)c3C)nc(Nc3ccc(N4CCN(CCCN(C)C)CC4)cc3)n2)c1. The van der Waals surface area contributed by atoms with Gasteiger partial charge in [0.15, 0.2) is 0 Å². The number of nitrogens with zero attached hydrogens (tertiary/aromatic N) is 6. The van der Waals surface area contributed by atoms with E-state index in [1.54, 1.807) is 45.5 Å². The molecule has 254 valence electrons. The van der Waals surface area contributed by atoms with E-state index in [1.165, 1.54) is 17.0 Å². The molecule has 0 radical (unpaired) electrons. The summed E-state index contributed by atoms with van der Waals surface area (Å²) in [7, 11) is 8.97. The topological polar surface area (TPSA) is 95.5 Å². The first-order valence-corrected chi connectivity index (χ1v) is 16.3. The summed E-state index contributed by atoms with van der Waals surface area (Å²) < 4.78 is 16.7. The van der Waals surface area contributed by atoms with Gasteiger partial charge in [-0.15, -0.1) is 0 Å². The average molecular weight is 654 g/mol. The number of nitrogens with one attached hydrogen (secondary N) is 1. The fourth-order valence-corrected chi connectivity index (χ4v) is 5.74. The number of piperazine rings is 1. The van der Waals surface area contributed by atoms with E-state index in [1.807, 2.05) is 24.3 Å². The Balaban J connectivity index is 1.34. The van der Waals surface area contributed by atoms with Crippen LogP contribution in [0.4, 0.5) is 27.8 Å². The second-order valence-electron chi connectivity index (χ2n) is 12.3.